The first-order valence-corrected chi connectivity index (χ1v) is 6.42. The van der Waals surface area contributed by atoms with E-state index >= 15 is 0 Å². The van der Waals surface area contributed by atoms with Crippen molar-refractivity contribution < 1.29 is 9.90 Å². The molecule has 3 heteroatoms. The molecule has 2 aromatic carbocycles. The van der Waals surface area contributed by atoms with Gasteiger partial charge in [-0.15, -0.1) is 0 Å². The van der Waals surface area contributed by atoms with E-state index in [2.05, 4.69) is 0 Å². The normalized spacial score (nSPS) is 17.9. The summed E-state index contributed by atoms with van der Waals surface area (Å²) in [6.07, 6.45) is 0.855. The van der Waals surface area contributed by atoms with E-state index in [0.717, 1.165) is 29.7 Å². The minimum atomic E-state index is -0.888. The molecule has 1 heterocycles. The summed E-state index contributed by atoms with van der Waals surface area (Å²) in [7, 11) is 0. The van der Waals surface area contributed by atoms with Gasteiger partial charge in [0, 0.05) is 0 Å². The molecule has 0 saturated carbocycles. The van der Waals surface area contributed by atoms with Gasteiger partial charge in [-0.3, -0.25) is 4.90 Å². The van der Waals surface area contributed by atoms with E-state index in [1.807, 2.05) is 54.6 Å². The van der Waals surface area contributed by atoms with Gasteiger partial charge >= 0.3 is 6.09 Å². The van der Waals surface area contributed by atoms with Crippen LogP contribution in [0.2, 0.25) is 0 Å². The van der Waals surface area contributed by atoms with Crippen LogP contribution in [-0.4, -0.2) is 11.2 Å². The molecule has 3 rings (SSSR count). The van der Waals surface area contributed by atoms with E-state index in [-0.39, 0.29) is 6.04 Å². The smallest absolute Gasteiger partial charge is 0.412 e. The van der Waals surface area contributed by atoms with Gasteiger partial charge in [0.15, 0.2) is 0 Å². The third-order valence-electron chi connectivity index (χ3n) is 3.64. The van der Waals surface area contributed by atoms with Crippen LogP contribution in [0.1, 0.15) is 23.6 Å². The zero-order valence-corrected chi connectivity index (χ0v) is 10.5. The third-order valence-corrected chi connectivity index (χ3v) is 3.64. The van der Waals surface area contributed by atoms with Gasteiger partial charge in [0.1, 0.15) is 0 Å². The Morgan fingerprint density at radius 3 is 2.47 bits per heavy atom. The van der Waals surface area contributed by atoms with Crippen molar-refractivity contribution in [3.8, 4) is 0 Å². The number of hydrogen-bond donors (Lipinski definition) is 1. The molecule has 0 spiro atoms. The van der Waals surface area contributed by atoms with Gasteiger partial charge in [-0.2, -0.15) is 0 Å². The van der Waals surface area contributed by atoms with Crippen LogP contribution < -0.4 is 4.90 Å². The Kier molecular flexibility index (Phi) is 2.95. The molecule has 0 aromatic heterocycles. The second kappa shape index (κ2) is 4.76. The van der Waals surface area contributed by atoms with Crippen molar-refractivity contribution in [1.29, 1.82) is 0 Å². The molecular formula is C16H15NO2. The summed E-state index contributed by atoms with van der Waals surface area (Å²) in [5, 5.41) is 9.54. The average Bonchev–Trinajstić information content (AvgIpc) is 2.46. The summed E-state index contributed by atoms with van der Waals surface area (Å²) in [6, 6.07) is 17.5. The fraction of sp³-hybridized carbons (Fsp3) is 0.188. The second-order valence-corrected chi connectivity index (χ2v) is 4.75. The quantitative estimate of drug-likeness (QED) is 0.838. The SMILES string of the molecule is O=C(O)N1c2ccccc2CCC1c1ccccc1. The van der Waals surface area contributed by atoms with Crippen LogP contribution in [0.25, 0.3) is 0 Å². The molecule has 1 aliphatic rings. The van der Waals surface area contributed by atoms with Crippen molar-refractivity contribution in [2.45, 2.75) is 18.9 Å². The zero-order chi connectivity index (χ0) is 13.2. The molecule has 3 nitrogen and oxygen atoms in total. The summed E-state index contributed by atoms with van der Waals surface area (Å²) in [5.41, 5.74) is 2.98. The maximum Gasteiger partial charge on any atom is 0.412 e. The number of rotatable bonds is 1. The number of carboxylic acid groups (broad SMARTS) is 1. The van der Waals surface area contributed by atoms with E-state index < -0.39 is 6.09 Å². The minimum absolute atomic E-state index is 0.0893. The molecule has 0 fully saturated rings. The highest BCUT2D eigenvalue weighted by molar-refractivity contribution is 5.88. The van der Waals surface area contributed by atoms with Crippen molar-refractivity contribution in [2.75, 3.05) is 4.90 Å². The van der Waals surface area contributed by atoms with E-state index in [4.69, 9.17) is 0 Å². The van der Waals surface area contributed by atoms with Gasteiger partial charge in [-0.05, 0) is 30.0 Å². The molecule has 1 atom stereocenters. The van der Waals surface area contributed by atoms with Gasteiger partial charge in [-0.1, -0.05) is 48.5 Å². The Bertz CT molecular complexity index is 595. The minimum Gasteiger partial charge on any atom is -0.465 e. The Balaban J connectivity index is 2.06. The number of amides is 1. The standard InChI is InChI=1S/C16H15NO2/c18-16(19)17-14-9-5-4-8-13(14)10-11-15(17)12-6-2-1-3-7-12/h1-9,15H,10-11H2,(H,18,19). The van der Waals surface area contributed by atoms with Crippen LogP contribution >= 0.6 is 0 Å². The number of para-hydroxylation sites is 1. The van der Waals surface area contributed by atoms with Crippen LogP contribution in [0.5, 0.6) is 0 Å². The highest BCUT2D eigenvalue weighted by Crippen LogP contribution is 2.38. The number of fused-ring (bicyclic) bond motifs is 1. The van der Waals surface area contributed by atoms with Gasteiger partial charge in [0.05, 0.1) is 11.7 Å². The first-order valence-electron chi connectivity index (χ1n) is 6.42. The van der Waals surface area contributed by atoms with E-state index in [1.165, 1.54) is 4.90 Å². The van der Waals surface area contributed by atoms with E-state index in [0.29, 0.717) is 0 Å². The molecule has 0 bridgehead atoms. The van der Waals surface area contributed by atoms with Gasteiger partial charge in [0.2, 0.25) is 0 Å². The van der Waals surface area contributed by atoms with Crippen molar-refractivity contribution >= 4 is 11.8 Å². The van der Waals surface area contributed by atoms with Crippen LogP contribution in [0.4, 0.5) is 10.5 Å². The number of nitrogens with zero attached hydrogens (tertiary/aromatic N) is 1. The molecule has 1 aliphatic heterocycles. The van der Waals surface area contributed by atoms with Crippen LogP contribution in [0, 0.1) is 0 Å². The zero-order valence-electron chi connectivity index (χ0n) is 10.5. The first kappa shape index (κ1) is 11.8. The molecule has 1 unspecified atom stereocenters. The fourth-order valence-electron chi connectivity index (χ4n) is 2.77. The Hall–Kier alpha value is -2.29. The second-order valence-electron chi connectivity index (χ2n) is 4.75. The van der Waals surface area contributed by atoms with E-state index in [1.54, 1.807) is 0 Å². The summed E-state index contributed by atoms with van der Waals surface area (Å²) >= 11 is 0. The molecular weight excluding hydrogens is 238 g/mol. The highest BCUT2D eigenvalue weighted by Gasteiger charge is 2.31. The van der Waals surface area contributed by atoms with Crippen LogP contribution in [0.15, 0.2) is 54.6 Å². The van der Waals surface area contributed by atoms with Crippen LogP contribution in [0.3, 0.4) is 0 Å². The van der Waals surface area contributed by atoms with Crippen molar-refractivity contribution in [1.82, 2.24) is 0 Å². The van der Waals surface area contributed by atoms with Gasteiger partial charge in [-0.25, -0.2) is 4.79 Å². The molecule has 0 saturated heterocycles. The number of aryl methyl sites for hydroxylation is 1. The number of hydrogen-bond acceptors (Lipinski definition) is 1. The largest absolute Gasteiger partial charge is 0.465 e. The predicted octanol–water partition coefficient (Wildman–Crippen LogP) is 3.86. The third kappa shape index (κ3) is 2.08. The molecule has 1 amide bonds. The Labute approximate surface area is 112 Å². The average molecular weight is 253 g/mol. The molecule has 96 valence electrons. The van der Waals surface area contributed by atoms with Gasteiger partial charge in [0.25, 0.3) is 0 Å². The fourth-order valence-corrected chi connectivity index (χ4v) is 2.77. The van der Waals surface area contributed by atoms with Crippen LogP contribution in [-0.2, 0) is 6.42 Å². The lowest BCUT2D eigenvalue weighted by molar-refractivity contribution is 0.197. The number of carbonyl (C=O) groups is 1. The topological polar surface area (TPSA) is 40.5 Å². The molecule has 0 aliphatic carbocycles. The van der Waals surface area contributed by atoms with Crippen molar-refractivity contribution in [3.05, 3.63) is 65.7 Å². The maximum absolute atomic E-state index is 11.6. The molecule has 1 N–H and O–H groups in total. The predicted molar refractivity (Wildman–Crippen MR) is 74.4 cm³/mol. The Morgan fingerprint density at radius 1 is 1.05 bits per heavy atom. The van der Waals surface area contributed by atoms with E-state index in [9.17, 15) is 9.90 Å². The lowest BCUT2D eigenvalue weighted by Crippen LogP contribution is -2.37. The number of benzene rings is 2. The molecule has 2 aromatic rings. The van der Waals surface area contributed by atoms with Crippen molar-refractivity contribution in [2.24, 2.45) is 0 Å². The lowest BCUT2D eigenvalue weighted by atomic mass is 9.92. The lowest BCUT2D eigenvalue weighted by Gasteiger charge is -2.35. The Morgan fingerprint density at radius 2 is 1.74 bits per heavy atom. The summed E-state index contributed by atoms with van der Waals surface area (Å²) < 4.78 is 0. The van der Waals surface area contributed by atoms with Crippen molar-refractivity contribution in [3.63, 3.8) is 0 Å². The maximum atomic E-state index is 11.6. The highest BCUT2D eigenvalue weighted by atomic mass is 16.4. The summed E-state index contributed by atoms with van der Waals surface area (Å²) in [5.74, 6) is 0. The number of anilines is 1. The van der Waals surface area contributed by atoms with Gasteiger partial charge < -0.3 is 5.11 Å². The molecule has 0 radical (unpaired) electrons. The molecule has 19 heavy (non-hydrogen) atoms. The monoisotopic (exact) mass is 253 g/mol. The summed E-state index contributed by atoms with van der Waals surface area (Å²) in [4.78, 5) is 13.1. The summed E-state index contributed by atoms with van der Waals surface area (Å²) in [6.45, 7) is 0. The first-order chi connectivity index (χ1) is 9.27.